The first-order chi connectivity index (χ1) is 5.56. The molecule has 0 radical (unpaired) electrons. The largest absolute Gasteiger partial charge is 0.390 e. The van der Waals surface area contributed by atoms with Gasteiger partial charge in [-0.3, -0.25) is 0 Å². The van der Waals surface area contributed by atoms with Crippen molar-refractivity contribution in [2.75, 3.05) is 0 Å². The number of allylic oxidation sites excluding steroid dienone is 1. The summed E-state index contributed by atoms with van der Waals surface area (Å²) in [4.78, 5) is 0. The Balaban J connectivity index is 4.07. The lowest BCUT2D eigenvalue weighted by atomic mass is 9.82. The maximum atomic E-state index is 10.2. The van der Waals surface area contributed by atoms with Crippen molar-refractivity contribution >= 4 is 0 Å². The minimum atomic E-state index is -0.469. The van der Waals surface area contributed by atoms with Gasteiger partial charge in [0.15, 0.2) is 0 Å². The quantitative estimate of drug-likeness (QED) is 0.607. The second-order valence-corrected chi connectivity index (χ2v) is 3.84. The van der Waals surface area contributed by atoms with Crippen LogP contribution in [0.2, 0.25) is 0 Å². The molecule has 72 valence electrons. The molecule has 0 fully saturated rings. The van der Waals surface area contributed by atoms with E-state index < -0.39 is 5.60 Å². The lowest BCUT2D eigenvalue weighted by Crippen LogP contribution is -2.34. The summed E-state index contributed by atoms with van der Waals surface area (Å²) >= 11 is 0. The van der Waals surface area contributed by atoms with Crippen molar-refractivity contribution in [3.05, 3.63) is 12.7 Å². The Morgan fingerprint density at radius 1 is 1.42 bits per heavy atom. The summed E-state index contributed by atoms with van der Waals surface area (Å²) in [5.74, 6) is 0.345. The Hall–Kier alpha value is -0.300. The molecule has 0 amide bonds. The van der Waals surface area contributed by atoms with Gasteiger partial charge in [0.1, 0.15) is 0 Å². The molecule has 0 saturated carbocycles. The van der Waals surface area contributed by atoms with Crippen molar-refractivity contribution in [3.63, 3.8) is 0 Å². The van der Waals surface area contributed by atoms with Gasteiger partial charge in [-0.15, -0.1) is 6.58 Å². The minimum Gasteiger partial charge on any atom is -0.390 e. The molecule has 1 atom stereocenters. The minimum absolute atomic E-state index is 0.345. The monoisotopic (exact) mass is 170 g/mol. The van der Waals surface area contributed by atoms with Crippen LogP contribution in [0.1, 0.15) is 46.5 Å². The Morgan fingerprint density at radius 3 is 2.33 bits per heavy atom. The maximum absolute atomic E-state index is 10.2. The molecule has 1 N–H and O–H groups in total. The highest BCUT2D eigenvalue weighted by Crippen LogP contribution is 2.27. The number of hydrogen-bond donors (Lipinski definition) is 1. The normalized spacial score (nSPS) is 16.1. The molecule has 0 spiro atoms. The van der Waals surface area contributed by atoms with Crippen molar-refractivity contribution < 1.29 is 5.11 Å². The average molecular weight is 170 g/mol. The Bertz CT molecular complexity index is 129. The summed E-state index contributed by atoms with van der Waals surface area (Å²) in [6.45, 7) is 9.95. The van der Waals surface area contributed by atoms with Gasteiger partial charge < -0.3 is 5.11 Å². The zero-order chi connectivity index (χ0) is 9.61. The topological polar surface area (TPSA) is 20.2 Å². The summed E-state index contributed by atoms with van der Waals surface area (Å²) in [5, 5.41) is 10.2. The molecule has 0 rings (SSSR count). The molecule has 0 bridgehead atoms. The van der Waals surface area contributed by atoms with Gasteiger partial charge in [-0.05, 0) is 25.2 Å². The fraction of sp³-hybridized carbons (Fsp3) is 0.818. The van der Waals surface area contributed by atoms with Crippen LogP contribution in [-0.2, 0) is 0 Å². The van der Waals surface area contributed by atoms with E-state index in [1.807, 2.05) is 6.08 Å². The zero-order valence-corrected chi connectivity index (χ0v) is 8.64. The van der Waals surface area contributed by atoms with Gasteiger partial charge in [-0.25, -0.2) is 0 Å². The van der Waals surface area contributed by atoms with Crippen molar-refractivity contribution in [1.82, 2.24) is 0 Å². The van der Waals surface area contributed by atoms with Crippen molar-refractivity contribution in [2.45, 2.75) is 52.1 Å². The molecule has 12 heavy (non-hydrogen) atoms. The smallest absolute Gasteiger partial charge is 0.0673 e. The maximum Gasteiger partial charge on any atom is 0.0673 e. The highest BCUT2D eigenvalue weighted by atomic mass is 16.3. The molecule has 0 aliphatic rings. The molecule has 0 unspecified atom stereocenters. The highest BCUT2D eigenvalue weighted by Gasteiger charge is 2.28. The van der Waals surface area contributed by atoms with Crippen LogP contribution in [0, 0.1) is 5.92 Å². The predicted octanol–water partition coefficient (Wildman–Crippen LogP) is 3.14. The van der Waals surface area contributed by atoms with Crippen LogP contribution >= 0.6 is 0 Å². The van der Waals surface area contributed by atoms with Gasteiger partial charge in [-0.1, -0.05) is 33.3 Å². The second-order valence-electron chi connectivity index (χ2n) is 3.84. The average Bonchev–Trinajstić information content (AvgIpc) is 2.01. The summed E-state index contributed by atoms with van der Waals surface area (Å²) in [7, 11) is 0. The third kappa shape index (κ3) is 3.40. The number of hydrogen-bond acceptors (Lipinski definition) is 1. The third-order valence-corrected chi connectivity index (χ3v) is 2.54. The number of rotatable bonds is 6. The van der Waals surface area contributed by atoms with Crippen molar-refractivity contribution in [2.24, 2.45) is 5.92 Å². The lowest BCUT2D eigenvalue weighted by molar-refractivity contribution is -0.0205. The molecule has 0 aromatic carbocycles. The lowest BCUT2D eigenvalue weighted by Gasteiger charge is -2.31. The fourth-order valence-corrected chi connectivity index (χ4v) is 1.49. The Labute approximate surface area is 76.5 Å². The van der Waals surface area contributed by atoms with E-state index >= 15 is 0 Å². The molecule has 0 aliphatic carbocycles. The molecule has 1 nitrogen and oxygen atoms in total. The van der Waals surface area contributed by atoms with Gasteiger partial charge >= 0.3 is 0 Å². The fourth-order valence-electron chi connectivity index (χ4n) is 1.49. The number of aliphatic hydroxyl groups is 1. The van der Waals surface area contributed by atoms with Gasteiger partial charge in [0, 0.05) is 0 Å². The van der Waals surface area contributed by atoms with Crippen molar-refractivity contribution in [3.8, 4) is 0 Å². The predicted molar refractivity (Wildman–Crippen MR) is 54.1 cm³/mol. The van der Waals surface area contributed by atoms with E-state index in [0.717, 1.165) is 25.7 Å². The van der Waals surface area contributed by atoms with Crippen LogP contribution < -0.4 is 0 Å². The summed E-state index contributed by atoms with van der Waals surface area (Å²) < 4.78 is 0. The van der Waals surface area contributed by atoms with E-state index in [9.17, 15) is 5.11 Å². The van der Waals surface area contributed by atoms with Gasteiger partial charge in [0.2, 0.25) is 0 Å². The standard InChI is InChI=1S/C11H22O/c1-5-7-9-11(12,8-6-2)10(3)4/h5,10,12H,1,6-9H2,2-4H3/t11-/m1/s1. The molecule has 0 aromatic rings. The zero-order valence-electron chi connectivity index (χ0n) is 8.64. The first-order valence-corrected chi connectivity index (χ1v) is 4.90. The van der Waals surface area contributed by atoms with Crippen LogP contribution in [0.4, 0.5) is 0 Å². The molecular weight excluding hydrogens is 148 g/mol. The van der Waals surface area contributed by atoms with Crippen LogP contribution in [0.25, 0.3) is 0 Å². The molecule has 0 heterocycles. The van der Waals surface area contributed by atoms with Gasteiger partial charge in [-0.2, -0.15) is 0 Å². The first-order valence-electron chi connectivity index (χ1n) is 4.90. The highest BCUT2D eigenvalue weighted by molar-refractivity contribution is 4.84. The van der Waals surface area contributed by atoms with Crippen molar-refractivity contribution in [1.29, 1.82) is 0 Å². The second kappa shape index (κ2) is 5.36. The van der Waals surface area contributed by atoms with Crippen LogP contribution in [0.15, 0.2) is 12.7 Å². The van der Waals surface area contributed by atoms with E-state index in [0.29, 0.717) is 5.92 Å². The third-order valence-electron chi connectivity index (χ3n) is 2.54. The summed E-state index contributed by atoms with van der Waals surface area (Å²) in [5.41, 5.74) is -0.469. The van der Waals surface area contributed by atoms with E-state index in [-0.39, 0.29) is 0 Å². The molecular formula is C11H22O. The van der Waals surface area contributed by atoms with E-state index in [4.69, 9.17) is 0 Å². The van der Waals surface area contributed by atoms with Crippen LogP contribution in [0.5, 0.6) is 0 Å². The first kappa shape index (κ1) is 11.7. The summed E-state index contributed by atoms with van der Waals surface area (Å²) in [6, 6.07) is 0. The SMILES string of the molecule is C=CCC[C@](O)(CCC)C(C)C. The van der Waals surface area contributed by atoms with Crippen LogP contribution in [0.3, 0.4) is 0 Å². The van der Waals surface area contributed by atoms with E-state index in [2.05, 4.69) is 27.4 Å². The van der Waals surface area contributed by atoms with Crippen LogP contribution in [-0.4, -0.2) is 10.7 Å². The summed E-state index contributed by atoms with van der Waals surface area (Å²) in [6.07, 6.45) is 5.59. The van der Waals surface area contributed by atoms with E-state index in [1.165, 1.54) is 0 Å². The molecule has 0 aliphatic heterocycles. The molecule has 0 saturated heterocycles. The van der Waals surface area contributed by atoms with Gasteiger partial charge in [0.25, 0.3) is 0 Å². The Kier molecular flexibility index (Phi) is 5.23. The molecule has 0 aromatic heterocycles. The van der Waals surface area contributed by atoms with E-state index in [1.54, 1.807) is 0 Å². The Morgan fingerprint density at radius 2 is 2.00 bits per heavy atom. The van der Waals surface area contributed by atoms with Gasteiger partial charge in [0.05, 0.1) is 5.60 Å². The molecule has 1 heteroatoms.